The summed E-state index contributed by atoms with van der Waals surface area (Å²) in [5.74, 6) is -2.42. The molecule has 1 aromatic carbocycles. The molecule has 3 N–H and O–H groups in total. The van der Waals surface area contributed by atoms with E-state index in [-0.39, 0.29) is 43.6 Å². The van der Waals surface area contributed by atoms with Crippen LogP contribution in [-0.2, 0) is 28.8 Å². The van der Waals surface area contributed by atoms with Crippen LogP contribution in [0.4, 0.5) is 0 Å². The lowest BCUT2D eigenvalue weighted by molar-refractivity contribution is -0.145. The standard InChI is InChI=1S/C33H48ClN5O7/c1-10-11-21(26(41)29(43)35-8)36-28(42)23-16-33(15-22(38-46-33)20-14-19(34)12-13-24(20)45-9)18-39(23)30(44)27(32(5,6)7)37-25(40)17-31(2,3)4/h12-14,21,23,27H,10-11,15-18H2,1-9H3,(H,35,43)(H,36,42)(H,37,40)/t21-,23-,27+,33+/m0/s1. The molecule has 1 fully saturated rings. The van der Waals surface area contributed by atoms with Crippen LogP contribution in [0.15, 0.2) is 23.4 Å². The molecule has 13 heteroatoms. The van der Waals surface area contributed by atoms with Crippen LogP contribution in [0, 0.1) is 10.8 Å². The average Bonchev–Trinajstić information content (AvgIpc) is 3.56. The molecule has 0 aliphatic carbocycles. The summed E-state index contributed by atoms with van der Waals surface area (Å²) in [7, 11) is 2.87. The van der Waals surface area contributed by atoms with E-state index in [1.54, 1.807) is 18.2 Å². The number of amides is 4. The fraction of sp³-hybridized carbons (Fsp3) is 0.636. The van der Waals surface area contributed by atoms with Crippen molar-refractivity contribution < 1.29 is 33.5 Å². The van der Waals surface area contributed by atoms with Crippen molar-refractivity contribution in [3.63, 3.8) is 0 Å². The highest BCUT2D eigenvalue weighted by Crippen LogP contribution is 2.41. The molecule has 0 saturated carbocycles. The quantitative estimate of drug-likeness (QED) is 0.307. The van der Waals surface area contributed by atoms with E-state index in [2.05, 4.69) is 21.1 Å². The second kappa shape index (κ2) is 14.4. The molecule has 12 nitrogen and oxygen atoms in total. The molecule has 0 radical (unpaired) electrons. The van der Waals surface area contributed by atoms with Gasteiger partial charge in [-0.15, -0.1) is 0 Å². The number of methoxy groups -OCH3 is 1. The Kier molecular flexibility index (Phi) is 11.5. The molecule has 0 bridgehead atoms. The van der Waals surface area contributed by atoms with Crippen LogP contribution in [0.5, 0.6) is 5.75 Å². The minimum atomic E-state index is -1.08. The molecule has 3 rings (SSSR count). The number of hydrogen-bond donors (Lipinski definition) is 3. The lowest BCUT2D eigenvalue weighted by Gasteiger charge is -2.36. The Morgan fingerprint density at radius 3 is 2.37 bits per heavy atom. The normalized spacial score (nSPS) is 20.8. The highest BCUT2D eigenvalue weighted by molar-refractivity contribution is 6.38. The second-order valence-electron chi connectivity index (χ2n) is 14.4. The van der Waals surface area contributed by atoms with E-state index in [1.807, 2.05) is 48.5 Å². The number of nitrogens with zero attached hydrogens (tertiary/aromatic N) is 2. The first-order valence-electron chi connectivity index (χ1n) is 15.6. The third-order valence-corrected chi connectivity index (χ3v) is 8.30. The van der Waals surface area contributed by atoms with Crippen molar-refractivity contribution in [2.45, 2.75) is 104 Å². The maximum atomic E-state index is 14.4. The Balaban J connectivity index is 1.99. The van der Waals surface area contributed by atoms with Gasteiger partial charge in [-0.3, -0.25) is 24.0 Å². The topological polar surface area (TPSA) is 156 Å². The number of oxime groups is 1. The Morgan fingerprint density at radius 2 is 1.80 bits per heavy atom. The van der Waals surface area contributed by atoms with Crippen LogP contribution in [0.2, 0.25) is 5.02 Å². The summed E-state index contributed by atoms with van der Waals surface area (Å²) in [5.41, 5.74) is -0.943. The van der Waals surface area contributed by atoms with Crippen molar-refractivity contribution >= 4 is 46.7 Å². The van der Waals surface area contributed by atoms with Crippen molar-refractivity contribution in [3.8, 4) is 5.75 Å². The Bertz CT molecular complexity index is 1380. The first kappa shape index (κ1) is 36.8. The summed E-state index contributed by atoms with van der Waals surface area (Å²) >= 11 is 6.28. The third kappa shape index (κ3) is 8.77. The maximum absolute atomic E-state index is 14.4. The first-order chi connectivity index (χ1) is 21.3. The molecule has 254 valence electrons. The molecule has 2 heterocycles. The molecule has 4 atom stereocenters. The minimum Gasteiger partial charge on any atom is -0.496 e. The number of carbonyl (C=O) groups is 5. The van der Waals surface area contributed by atoms with Gasteiger partial charge in [-0.2, -0.15) is 0 Å². The molecule has 0 aromatic heterocycles. The van der Waals surface area contributed by atoms with Crippen molar-refractivity contribution in [1.29, 1.82) is 0 Å². The lowest BCUT2D eigenvalue weighted by Crippen LogP contribution is -2.59. The zero-order valence-electron chi connectivity index (χ0n) is 28.3. The first-order valence-corrected chi connectivity index (χ1v) is 16.0. The van der Waals surface area contributed by atoms with E-state index in [1.165, 1.54) is 19.1 Å². The maximum Gasteiger partial charge on any atom is 0.289 e. The van der Waals surface area contributed by atoms with E-state index in [9.17, 15) is 24.0 Å². The zero-order chi connectivity index (χ0) is 34.6. The van der Waals surface area contributed by atoms with Gasteiger partial charge in [-0.05, 0) is 35.4 Å². The molecule has 2 aliphatic rings. The van der Waals surface area contributed by atoms with Gasteiger partial charge in [0.25, 0.3) is 5.91 Å². The van der Waals surface area contributed by atoms with E-state index in [0.29, 0.717) is 28.5 Å². The summed E-state index contributed by atoms with van der Waals surface area (Å²) in [6, 6.07) is 2.00. The van der Waals surface area contributed by atoms with Gasteiger partial charge in [-0.25, -0.2) is 0 Å². The molecule has 1 saturated heterocycles. The highest BCUT2D eigenvalue weighted by Gasteiger charge is 2.56. The van der Waals surface area contributed by atoms with Crippen molar-refractivity contribution in [1.82, 2.24) is 20.9 Å². The van der Waals surface area contributed by atoms with Gasteiger partial charge in [0.15, 0.2) is 5.60 Å². The molecule has 0 unspecified atom stereocenters. The Hall–Kier alpha value is -3.67. The van der Waals surface area contributed by atoms with Crippen molar-refractivity contribution in [2.24, 2.45) is 16.0 Å². The number of Topliss-reactive ketones (excluding diaryl/α,β-unsaturated/α-hetero) is 1. The van der Waals surface area contributed by atoms with Gasteiger partial charge in [0.1, 0.15) is 17.8 Å². The SMILES string of the molecule is CCC[C@H](NC(=O)[C@@H]1C[C@]2(CC(c3cc(Cl)ccc3OC)=NO2)CN1C(=O)[C@@H](NC(=O)CC(C)(C)C)C(C)(C)C)C(=O)C(=O)NC. The zero-order valence-corrected chi connectivity index (χ0v) is 29.1. The smallest absolute Gasteiger partial charge is 0.289 e. The third-order valence-electron chi connectivity index (χ3n) is 8.07. The summed E-state index contributed by atoms with van der Waals surface area (Å²) in [6.45, 7) is 13.1. The average molecular weight is 662 g/mol. The van der Waals surface area contributed by atoms with E-state index in [0.717, 1.165) is 0 Å². The number of ketones is 1. The Labute approximate surface area is 276 Å². The number of hydrogen-bond acceptors (Lipinski definition) is 8. The number of ether oxygens (including phenoxy) is 1. The van der Waals surface area contributed by atoms with Crippen LogP contribution in [0.1, 0.15) is 86.1 Å². The fourth-order valence-corrected chi connectivity index (χ4v) is 5.97. The molecule has 1 spiro atoms. The van der Waals surface area contributed by atoms with Crippen LogP contribution in [-0.4, -0.2) is 84.5 Å². The Morgan fingerprint density at radius 1 is 1.13 bits per heavy atom. The fourth-order valence-electron chi connectivity index (χ4n) is 5.79. The van der Waals surface area contributed by atoms with Crippen molar-refractivity contribution in [2.75, 3.05) is 20.7 Å². The van der Waals surface area contributed by atoms with Gasteiger partial charge in [0, 0.05) is 36.9 Å². The second-order valence-corrected chi connectivity index (χ2v) is 14.9. The minimum absolute atomic E-state index is 0.0106. The predicted molar refractivity (Wildman–Crippen MR) is 174 cm³/mol. The van der Waals surface area contributed by atoms with Crippen LogP contribution in [0.25, 0.3) is 0 Å². The van der Waals surface area contributed by atoms with E-state index < -0.39 is 52.6 Å². The number of benzene rings is 1. The molecule has 1 aromatic rings. The number of carbonyl (C=O) groups excluding carboxylic acids is 5. The molecular formula is C33H48ClN5O7. The number of likely N-dealkylation sites (tertiary alicyclic amines) is 1. The molecule has 2 aliphatic heterocycles. The van der Waals surface area contributed by atoms with Crippen LogP contribution < -0.4 is 20.7 Å². The van der Waals surface area contributed by atoms with Gasteiger partial charge >= 0.3 is 0 Å². The summed E-state index contributed by atoms with van der Waals surface area (Å²) in [6.07, 6.45) is 1.25. The molecule has 4 amide bonds. The van der Waals surface area contributed by atoms with Crippen molar-refractivity contribution in [3.05, 3.63) is 28.8 Å². The van der Waals surface area contributed by atoms with Crippen LogP contribution >= 0.6 is 11.6 Å². The van der Waals surface area contributed by atoms with Gasteiger partial charge in [-0.1, -0.05) is 71.6 Å². The number of likely N-dealkylation sites (N-methyl/N-ethyl adjacent to an activating group) is 1. The van der Waals surface area contributed by atoms with E-state index >= 15 is 0 Å². The number of nitrogens with one attached hydrogen (secondary N) is 3. The molecular weight excluding hydrogens is 614 g/mol. The van der Waals surface area contributed by atoms with Gasteiger partial charge < -0.3 is 30.4 Å². The molecule has 46 heavy (non-hydrogen) atoms. The number of halogens is 1. The van der Waals surface area contributed by atoms with Gasteiger partial charge in [0.2, 0.25) is 23.5 Å². The monoisotopic (exact) mass is 661 g/mol. The van der Waals surface area contributed by atoms with Crippen LogP contribution in [0.3, 0.4) is 0 Å². The summed E-state index contributed by atoms with van der Waals surface area (Å²) < 4.78 is 5.51. The van der Waals surface area contributed by atoms with E-state index in [4.69, 9.17) is 21.2 Å². The van der Waals surface area contributed by atoms with Gasteiger partial charge in [0.05, 0.1) is 25.4 Å². The lowest BCUT2D eigenvalue weighted by atomic mass is 9.84. The summed E-state index contributed by atoms with van der Waals surface area (Å²) in [5, 5.41) is 12.8. The largest absolute Gasteiger partial charge is 0.496 e. The summed E-state index contributed by atoms with van der Waals surface area (Å²) in [4.78, 5) is 73.9. The number of rotatable bonds is 11. The predicted octanol–water partition coefficient (Wildman–Crippen LogP) is 3.38. The highest BCUT2D eigenvalue weighted by atomic mass is 35.5.